The topological polar surface area (TPSA) is 39.9 Å². The Kier molecular flexibility index (Phi) is 5.26. The molecule has 1 aliphatic rings. The summed E-state index contributed by atoms with van der Waals surface area (Å²) in [6.45, 7) is 8.07. The van der Waals surface area contributed by atoms with Gasteiger partial charge in [0.2, 0.25) is 0 Å². The predicted molar refractivity (Wildman–Crippen MR) is 94.4 cm³/mol. The predicted octanol–water partition coefficient (Wildman–Crippen LogP) is 4.35. The number of thioether (sulfide) groups is 1. The Morgan fingerprint density at radius 1 is 1.17 bits per heavy atom. The number of aromatic nitrogens is 3. The molecule has 1 aromatic heterocycles. The standard InChI is InChI=1S/C18H25N3OS/c1-4-21-17(15-6-7-15)19-20-18(21)23-9-5-8-22-16-11-13(2)10-14(3)12-16/h10-12,15H,4-9H2,1-3H3. The Morgan fingerprint density at radius 3 is 2.57 bits per heavy atom. The summed E-state index contributed by atoms with van der Waals surface area (Å²) < 4.78 is 8.13. The average molecular weight is 331 g/mol. The van der Waals surface area contributed by atoms with Gasteiger partial charge in [-0.3, -0.25) is 0 Å². The Hall–Kier alpha value is -1.49. The van der Waals surface area contributed by atoms with Crippen LogP contribution >= 0.6 is 11.8 Å². The molecule has 0 saturated heterocycles. The molecule has 1 heterocycles. The first-order chi connectivity index (χ1) is 11.2. The van der Waals surface area contributed by atoms with Gasteiger partial charge in [0.15, 0.2) is 5.16 Å². The first-order valence-corrected chi connectivity index (χ1v) is 9.43. The molecule has 1 aliphatic carbocycles. The molecule has 0 radical (unpaired) electrons. The zero-order chi connectivity index (χ0) is 16.2. The van der Waals surface area contributed by atoms with Crippen molar-refractivity contribution in [3.63, 3.8) is 0 Å². The van der Waals surface area contributed by atoms with Crippen LogP contribution in [0.25, 0.3) is 0 Å². The highest BCUT2D eigenvalue weighted by Crippen LogP contribution is 2.40. The zero-order valence-corrected chi connectivity index (χ0v) is 15.0. The van der Waals surface area contributed by atoms with Gasteiger partial charge in [-0.25, -0.2) is 0 Å². The molecule has 1 aromatic carbocycles. The Morgan fingerprint density at radius 2 is 1.91 bits per heavy atom. The van der Waals surface area contributed by atoms with E-state index in [4.69, 9.17) is 4.74 Å². The molecule has 4 nitrogen and oxygen atoms in total. The third-order valence-electron chi connectivity index (χ3n) is 3.99. The molecule has 0 N–H and O–H groups in total. The number of rotatable bonds is 8. The van der Waals surface area contributed by atoms with Crippen molar-refractivity contribution in [1.29, 1.82) is 0 Å². The van der Waals surface area contributed by atoms with E-state index >= 15 is 0 Å². The van der Waals surface area contributed by atoms with Crippen molar-refractivity contribution in [2.75, 3.05) is 12.4 Å². The van der Waals surface area contributed by atoms with E-state index < -0.39 is 0 Å². The fourth-order valence-corrected chi connectivity index (χ4v) is 3.70. The van der Waals surface area contributed by atoms with Crippen molar-refractivity contribution in [3.8, 4) is 5.75 Å². The van der Waals surface area contributed by atoms with Gasteiger partial charge in [0.1, 0.15) is 11.6 Å². The monoisotopic (exact) mass is 331 g/mol. The van der Waals surface area contributed by atoms with E-state index in [-0.39, 0.29) is 0 Å². The number of nitrogens with zero attached hydrogens (tertiary/aromatic N) is 3. The van der Waals surface area contributed by atoms with Gasteiger partial charge in [0, 0.05) is 18.2 Å². The first kappa shape index (κ1) is 16.4. The fourth-order valence-electron chi connectivity index (χ4n) is 2.78. The molecule has 1 fully saturated rings. The van der Waals surface area contributed by atoms with Crippen LogP contribution in [0, 0.1) is 13.8 Å². The summed E-state index contributed by atoms with van der Waals surface area (Å²) in [5.74, 6) is 3.82. The zero-order valence-electron chi connectivity index (χ0n) is 14.2. The molecular weight excluding hydrogens is 306 g/mol. The molecule has 0 amide bonds. The minimum atomic E-state index is 0.657. The maximum atomic E-state index is 5.86. The highest BCUT2D eigenvalue weighted by atomic mass is 32.2. The second-order valence-corrected chi connectivity index (χ2v) is 7.30. The lowest BCUT2D eigenvalue weighted by molar-refractivity contribution is 0.318. The summed E-state index contributed by atoms with van der Waals surface area (Å²) >= 11 is 1.79. The minimum absolute atomic E-state index is 0.657. The molecule has 0 atom stereocenters. The molecule has 1 saturated carbocycles. The van der Waals surface area contributed by atoms with E-state index in [2.05, 4.69) is 53.7 Å². The van der Waals surface area contributed by atoms with Crippen LogP contribution in [0.4, 0.5) is 0 Å². The van der Waals surface area contributed by atoms with Gasteiger partial charge in [-0.15, -0.1) is 10.2 Å². The number of benzene rings is 1. The first-order valence-electron chi connectivity index (χ1n) is 8.44. The van der Waals surface area contributed by atoms with Crippen molar-refractivity contribution >= 4 is 11.8 Å². The van der Waals surface area contributed by atoms with Gasteiger partial charge >= 0.3 is 0 Å². The number of ether oxygens (including phenoxy) is 1. The normalized spacial score (nSPS) is 14.2. The summed E-state index contributed by atoms with van der Waals surface area (Å²) in [5, 5.41) is 9.79. The van der Waals surface area contributed by atoms with Gasteiger partial charge in [-0.1, -0.05) is 17.8 Å². The molecular formula is C18H25N3OS. The van der Waals surface area contributed by atoms with Gasteiger partial charge < -0.3 is 9.30 Å². The molecule has 5 heteroatoms. The maximum Gasteiger partial charge on any atom is 0.191 e. The van der Waals surface area contributed by atoms with Crippen molar-refractivity contribution in [3.05, 3.63) is 35.2 Å². The van der Waals surface area contributed by atoms with E-state index in [9.17, 15) is 0 Å². The molecule has 0 bridgehead atoms. The lowest BCUT2D eigenvalue weighted by atomic mass is 10.1. The third kappa shape index (κ3) is 4.28. The smallest absolute Gasteiger partial charge is 0.191 e. The van der Waals surface area contributed by atoms with Crippen LogP contribution in [0.2, 0.25) is 0 Å². The van der Waals surface area contributed by atoms with Gasteiger partial charge in [-0.2, -0.15) is 0 Å². The van der Waals surface area contributed by atoms with Gasteiger partial charge in [0.05, 0.1) is 6.61 Å². The van der Waals surface area contributed by atoms with Crippen LogP contribution in [0.1, 0.15) is 49.1 Å². The molecule has 23 heavy (non-hydrogen) atoms. The van der Waals surface area contributed by atoms with Gasteiger partial charge in [-0.05, 0) is 63.3 Å². The third-order valence-corrected chi connectivity index (χ3v) is 5.04. The second kappa shape index (κ2) is 7.39. The Bertz CT molecular complexity index is 644. The van der Waals surface area contributed by atoms with Crippen molar-refractivity contribution in [2.24, 2.45) is 0 Å². The fraction of sp³-hybridized carbons (Fsp3) is 0.556. The SMILES string of the molecule is CCn1c(SCCCOc2cc(C)cc(C)c2)nnc1C1CC1. The molecule has 124 valence electrons. The van der Waals surface area contributed by atoms with Crippen molar-refractivity contribution in [2.45, 2.75) is 57.7 Å². The van der Waals surface area contributed by atoms with Crippen LogP contribution in [0.5, 0.6) is 5.75 Å². The lowest BCUT2D eigenvalue weighted by Gasteiger charge is -2.09. The van der Waals surface area contributed by atoms with Crippen LogP contribution in [0.3, 0.4) is 0 Å². The largest absolute Gasteiger partial charge is 0.494 e. The summed E-state index contributed by atoms with van der Waals surface area (Å²) in [7, 11) is 0. The molecule has 3 rings (SSSR count). The quantitative estimate of drug-likeness (QED) is 0.532. The number of hydrogen-bond acceptors (Lipinski definition) is 4. The summed E-state index contributed by atoms with van der Waals surface area (Å²) in [6.07, 6.45) is 3.55. The van der Waals surface area contributed by atoms with Crippen molar-refractivity contribution in [1.82, 2.24) is 14.8 Å². The van der Waals surface area contributed by atoms with E-state index in [1.165, 1.54) is 29.8 Å². The number of aryl methyl sites for hydroxylation is 2. The summed E-state index contributed by atoms with van der Waals surface area (Å²) in [5.41, 5.74) is 2.50. The molecule has 0 unspecified atom stereocenters. The van der Waals surface area contributed by atoms with E-state index in [0.717, 1.165) is 36.2 Å². The average Bonchev–Trinajstić information content (AvgIpc) is 3.27. The number of hydrogen-bond donors (Lipinski definition) is 0. The summed E-state index contributed by atoms with van der Waals surface area (Å²) in [6, 6.07) is 6.35. The molecule has 0 spiro atoms. The Balaban J connectivity index is 1.45. The highest BCUT2D eigenvalue weighted by Gasteiger charge is 2.29. The minimum Gasteiger partial charge on any atom is -0.494 e. The molecule has 0 aliphatic heterocycles. The Labute approximate surface area is 142 Å². The second-order valence-electron chi connectivity index (χ2n) is 6.23. The highest BCUT2D eigenvalue weighted by molar-refractivity contribution is 7.99. The van der Waals surface area contributed by atoms with Crippen LogP contribution in [0.15, 0.2) is 23.4 Å². The van der Waals surface area contributed by atoms with Crippen LogP contribution < -0.4 is 4.74 Å². The van der Waals surface area contributed by atoms with E-state index in [0.29, 0.717) is 5.92 Å². The lowest BCUT2D eigenvalue weighted by Crippen LogP contribution is -2.03. The van der Waals surface area contributed by atoms with E-state index in [1.807, 2.05) is 0 Å². The van der Waals surface area contributed by atoms with E-state index in [1.54, 1.807) is 11.8 Å². The maximum absolute atomic E-state index is 5.86. The van der Waals surface area contributed by atoms with Crippen LogP contribution in [-0.2, 0) is 6.54 Å². The van der Waals surface area contributed by atoms with Gasteiger partial charge in [0.25, 0.3) is 0 Å². The van der Waals surface area contributed by atoms with Crippen molar-refractivity contribution < 1.29 is 4.74 Å². The molecule has 2 aromatic rings. The van der Waals surface area contributed by atoms with Crippen LogP contribution in [-0.4, -0.2) is 27.1 Å². The summed E-state index contributed by atoms with van der Waals surface area (Å²) in [4.78, 5) is 0.